The number of nitrogens with two attached hydrogens (primary N) is 5. The van der Waals surface area contributed by atoms with Crippen LogP contribution in [0.5, 0.6) is 0 Å². The Labute approximate surface area is 314 Å². The highest BCUT2D eigenvalue weighted by Crippen LogP contribution is 2.22. The first-order valence-electron chi connectivity index (χ1n) is 16.7. The molecule has 0 aliphatic carbocycles. The number of likely N-dealkylation sites (N-methyl/N-ethyl adjacent to an activating group) is 1. The number of rotatable bonds is 18. The van der Waals surface area contributed by atoms with Gasteiger partial charge in [-0.2, -0.15) is 9.97 Å². The number of hydrogen-bond acceptors (Lipinski definition) is 17. The number of fused-ring (bicyclic) bond motifs is 1. The number of anilines is 5. The summed E-state index contributed by atoms with van der Waals surface area (Å²) >= 11 is 0. The average Bonchev–Trinajstić information content (AvgIpc) is 3.15. The second-order valence-electron chi connectivity index (χ2n) is 12.0. The molecule has 0 saturated carbocycles. The third-order valence-corrected chi connectivity index (χ3v) is 7.83. The third-order valence-electron chi connectivity index (χ3n) is 7.83. The maximum absolute atomic E-state index is 13.1. The molecule has 2 unspecified atom stereocenters. The van der Waals surface area contributed by atoms with Gasteiger partial charge in [0.2, 0.25) is 17.8 Å². The van der Waals surface area contributed by atoms with Crippen LogP contribution in [0.25, 0.3) is 11.2 Å². The lowest BCUT2D eigenvalue weighted by molar-refractivity contribution is -0.125. The highest BCUT2D eigenvalue weighted by molar-refractivity contribution is 6.10. The Kier molecular flexibility index (Phi) is 14.0. The van der Waals surface area contributed by atoms with Gasteiger partial charge in [-0.3, -0.25) is 19.2 Å². The van der Waals surface area contributed by atoms with Gasteiger partial charge in [-0.1, -0.05) is 0 Å². The molecule has 4 aromatic rings. The van der Waals surface area contributed by atoms with Crippen molar-refractivity contribution in [2.45, 2.75) is 38.4 Å². The minimum Gasteiger partial charge on any atom is -0.397 e. The highest BCUT2D eigenvalue weighted by Gasteiger charge is 2.20. The molecule has 17 N–H and O–H groups in total. The number of nitrogens with zero attached hydrogens (tertiary/aromatic N) is 5. The summed E-state index contributed by atoms with van der Waals surface area (Å²) in [7, 11) is 1.60. The number of hydrazine groups is 1. The summed E-state index contributed by atoms with van der Waals surface area (Å²) in [5.74, 6) is 3.32. The number of hydrazone groups is 1. The molecule has 0 aliphatic heterocycles. The molecule has 0 aliphatic rings. The quantitative estimate of drug-likeness (QED) is 0.00996. The van der Waals surface area contributed by atoms with E-state index in [0.29, 0.717) is 29.6 Å². The van der Waals surface area contributed by atoms with Gasteiger partial charge in [-0.05, 0) is 63.2 Å². The number of benzene rings is 2. The Balaban J connectivity index is 1.29. The Morgan fingerprint density at radius 1 is 0.964 bits per heavy atom. The Morgan fingerprint density at radius 2 is 1.75 bits per heavy atom. The van der Waals surface area contributed by atoms with Gasteiger partial charge in [0.25, 0.3) is 11.8 Å². The molecule has 0 saturated heterocycles. The first kappa shape index (κ1) is 40.6. The minimum absolute atomic E-state index is 0.00902. The van der Waals surface area contributed by atoms with E-state index in [2.05, 4.69) is 62.5 Å². The van der Waals surface area contributed by atoms with E-state index in [9.17, 15) is 24.0 Å². The van der Waals surface area contributed by atoms with Crippen LogP contribution in [0, 0.1) is 0 Å². The average molecular weight is 758 g/mol. The van der Waals surface area contributed by atoms with Gasteiger partial charge in [0, 0.05) is 23.4 Å². The topological polar surface area (TPSA) is 364 Å². The number of amides is 4. The Morgan fingerprint density at radius 3 is 2.45 bits per heavy atom. The van der Waals surface area contributed by atoms with Crippen LogP contribution in [-0.2, 0) is 20.9 Å². The first-order valence-corrected chi connectivity index (χ1v) is 16.7. The standard InChI is InChI=1S/C33H43N17O5/c1-16(43-25(52)14-39-2)30(53)45-18-6-7-21(22(11-18)27(35)49-50-38)32(55)40-9-3-4-19(15-51)46-31(54)17-5-8-24(23(34)10-17)41-12-20-13-42-29-26(44-20)28(36)47-33(37)48-29/h5-8,10-11,13,15-16,19,39,41,50H,3-4,9,12,14,34,38H2,1-2H3,(H2,35,49)(H,40,55)(H,43,52)(H,45,53)(H,46,54)(H4,36,37,42,47,48). The lowest BCUT2D eigenvalue weighted by Crippen LogP contribution is -2.44. The summed E-state index contributed by atoms with van der Waals surface area (Å²) in [4.78, 5) is 78.9. The highest BCUT2D eigenvalue weighted by atomic mass is 16.2. The molecule has 22 heteroatoms. The molecule has 22 nitrogen and oxygen atoms in total. The van der Waals surface area contributed by atoms with Gasteiger partial charge in [0.15, 0.2) is 22.8 Å². The summed E-state index contributed by atoms with van der Waals surface area (Å²) in [6.07, 6.45) is 2.64. The molecule has 2 aromatic heterocycles. The van der Waals surface area contributed by atoms with Crippen molar-refractivity contribution in [1.29, 1.82) is 0 Å². The fourth-order valence-electron chi connectivity index (χ4n) is 5.09. The van der Waals surface area contributed by atoms with Crippen molar-refractivity contribution < 1.29 is 24.0 Å². The van der Waals surface area contributed by atoms with E-state index >= 15 is 0 Å². The maximum atomic E-state index is 13.1. The molecule has 4 amide bonds. The van der Waals surface area contributed by atoms with E-state index < -0.39 is 29.8 Å². The predicted octanol–water partition coefficient (Wildman–Crippen LogP) is -1.97. The Hall–Kier alpha value is -7.20. The zero-order chi connectivity index (χ0) is 40.1. The summed E-state index contributed by atoms with van der Waals surface area (Å²) < 4.78 is 0. The molecular weight excluding hydrogens is 714 g/mol. The van der Waals surface area contributed by atoms with Crippen LogP contribution in [0.15, 0.2) is 47.7 Å². The number of nitrogen functional groups attached to an aromatic ring is 3. The third kappa shape index (κ3) is 11.1. The summed E-state index contributed by atoms with van der Waals surface area (Å²) in [6.45, 7) is 1.91. The van der Waals surface area contributed by atoms with Crippen molar-refractivity contribution >= 4 is 75.7 Å². The van der Waals surface area contributed by atoms with Gasteiger partial charge in [0.05, 0.1) is 48.0 Å². The van der Waals surface area contributed by atoms with E-state index in [4.69, 9.17) is 28.8 Å². The van der Waals surface area contributed by atoms with Crippen LogP contribution in [0.3, 0.4) is 0 Å². The van der Waals surface area contributed by atoms with E-state index in [1.54, 1.807) is 19.2 Å². The molecular formula is C33H43N17O5. The van der Waals surface area contributed by atoms with Crippen LogP contribution in [0.2, 0.25) is 0 Å². The lowest BCUT2D eigenvalue weighted by atomic mass is 10.0. The number of nitrogens with one attached hydrogen (secondary N) is 7. The van der Waals surface area contributed by atoms with Gasteiger partial charge in [0.1, 0.15) is 12.3 Å². The molecule has 0 spiro atoms. The summed E-state index contributed by atoms with van der Waals surface area (Å²) in [5.41, 5.74) is 28.5. The number of aromatic nitrogens is 4. The smallest absolute Gasteiger partial charge is 0.252 e. The number of amidine groups is 1. The van der Waals surface area contributed by atoms with Gasteiger partial charge < -0.3 is 59.6 Å². The van der Waals surface area contributed by atoms with Gasteiger partial charge in [-0.25, -0.2) is 21.3 Å². The SMILES string of the molecule is CNCC(=O)NC(C)C(=O)Nc1ccc(C(=O)NCCCC(C=O)NC(=O)c2ccc(NCc3cnc4nc(N)nc(N)c4n3)c(N)c2)c(/C(N)=N/NN)c1. The lowest BCUT2D eigenvalue weighted by Gasteiger charge is -2.16. The summed E-state index contributed by atoms with van der Waals surface area (Å²) in [5, 5.41) is 20.2. The monoisotopic (exact) mass is 757 g/mol. The largest absolute Gasteiger partial charge is 0.397 e. The molecule has 0 bridgehead atoms. The van der Waals surface area contributed by atoms with Crippen LogP contribution in [0.1, 0.15) is 51.7 Å². The van der Waals surface area contributed by atoms with Crippen LogP contribution >= 0.6 is 0 Å². The number of hydrogen-bond donors (Lipinski definition) is 12. The van der Waals surface area contributed by atoms with Crippen LogP contribution in [0.4, 0.5) is 28.8 Å². The molecule has 2 heterocycles. The van der Waals surface area contributed by atoms with E-state index in [0.717, 1.165) is 0 Å². The molecule has 4 rings (SSSR count). The molecule has 2 atom stereocenters. The normalized spacial score (nSPS) is 12.2. The minimum atomic E-state index is -0.857. The first-order chi connectivity index (χ1) is 26.3. The van der Waals surface area contributed by atoms with Crippen molar-refractivity contribution in [3.8, 4) is 0 Å². The predicted molar refractivity (Wildman–Crippen MR) is 206 cm³/mol. The van der Waals surface area contributed by atoms with Gasteiger partial charge in [-0.15, -0.1) is 5.10 Å². The zero-order valence-corrected chi connectivity index (χ0v) is 30.0. The number of aldehydes is 1. The van der Waals surface area contributed by atoms with Crippen molar-refractivity contribution in [1.82, 2.24) is 46.7 Å². The number of carbonyl (C=O) groups excluding carboxylic acids is 5. The zero-order valence-electron chi connectivity index (χ0n) is 30.0. The molecule has 0 fully saturated rings. The van der Waals surface area contributed by atoms with E-state index in [1.165, 1.54) is 37.4 Å². The summed E-state index contributed by atoms with van der Waals surface area (Å²) in [6, 6.07) is 7.27. The Bertz CT molecular complexity index is 2090. The van der Waals surface area contributed by atoms with Crippen LogP contribution in [-0.4, -0.2) is 87.9 Å². The molecule has 0 radical (unpaired) electrons. The van der Waals surface area contributed by atoms with Crippen molar-refractivity contribution in [2.24, 2.45) is 16.7 Å². The van der Waals surface area contributed by atoms with E-state index in [-0.39, 0.29) is 83.3 Å². The second kappa shape index (κ2) is 19.0. The second-order valence-corrected chi connectivity index (χ2v) is 12.0. The fraction of sp³-hybridized carbons (Fsp3) is 0.273. The van der Waals surface area contributed by atoms with Crippen molar-refractivity contribution in [2.75, 3.05) is 48.0 Å². The number of carbonyl (C=O) groups is 5. The van der Waals surface area contributed by atoms with Crippen molar-refractivity contribution in [3.63, 3.8) is 0 Å². The van der Waals surface area contributed by atoms with Gasteiger partial charge >= 0.3 is 0 Å². The fourth-order valence-corrected chi connectivity index (χ4v) is 5.09. The maximum Gasteiger partial charge on any atom is 0.252 e. The molecule has 290 valence electrons. The van der Waals surface area contributed by atoms with Crippen molar-refractivity contribution in [3.05, 3.63) is 65.0 Å². The van der Waals surface area contributed by atoms with E-state index in [1.807, 2.05) is 0 Å². The van der Waals surface area contributed by atoms with Crippen LogP contribution < -0.4 is 66.2 Å². The molecule has 2 aromatic carbocycles. The molecule has 55 heavy (non-hydrogen) atoms.